The molecule has 0 N–H and O–H groups in total. The Labute approximate surface area is 272 Å². The van der Waals surface area contributed by atoms with E-state index >= 15 is 4.39 Å². The number of halogens is 2. The maximum absolute atomic E-state index is 15.1. The van der Waals surface area contributed by atoms with Gasteiger partial charge in [-0.05, 0) is 71.6 Å². The van der Waals surface area contributed by atoms with Crippen LogP contribution in [0.25, 0.3) is 28.0 Å². The summed E-state index contributed by atoms with van der Waals surface area (Å²) in [6.45, 7) is 14.2. The third-order valence-electron chi connectivity index (χ3n) is 8.43. The minimum absolute atomic E-state index is 0.0303. The molecule has 12 heteroatoms. The van der Waals surface area contributed by atoms with Crippen molar-refractivity contribution in [2.75, 3.05) is 18.0 Å². The van der Waals surface area contributed by atoms with Gasteiger partial charge in [-0.25, -0.2) is 33.5 Å². The van der Waals surface area contributed by atoms with Gasteiger partial charge in [0.1, 0.15) is 23.6 Å². The molecule has 3 aromatic heterocycles. The van der Waals surface area contributed by atoms with Crippen LogP contribution in [-0.2, 0) is 4.74 Å². The minimum Gasteiger partial charge on any atom is -0.444 e. The molecule has 6 rings (SSSR count). The molecule has 1 aliphatic carbocycles. The van der Waals surface area contributed by atoms with Crippen molar-refractivity contribution in [2.24, 2.45) is 0 Å². The number of amides is 1. The number of benzene rings is 1. The quantitative estimate of drug-likeness (QED) is 0.231. The standard InChI is InChI=1S/C34H39ClFN7O3/c1-18(2)26-29(27(21-12-13-21)38-17-37-26)43-31-23(14-24(35)28(39-31)22-10-8-9-11-25(22)36)30(40-32(43)44)41-15-20(4)42(16-19(41)3)33(45)46-34(5,6)7/h8-11,14,17-21H,12-13,15-16H2,1-7H3/t19-,20+/m0/s1. The van der Waals surface area contributed by atoms with Crippen LogP contribution < -0.4 is 10.6 Å². The van der Waals surface area contributed by atoms with Crippen molar-refractivity contribution in [3.8, 4) is 16.9 Å². The summed E-state index contributed by atoms with van der Waals surface area (Å²) in [4.78, 5) is 49.9. The number of pyridine rings is 1. The molecule has 0 radical (unpaired) electrons. The average molecular weight is 648 g/mol. The van der Waals surface area contributed by atoms with Gasteiger partial charge in [-0.1, -0.05) is 37.6 Å². The molecule has 4 heterocycles. The van der Waals surface area contributed by atoms with E-state index in [9.17, 15) is 9.59 Å². The second kappa shape index (κ2) is 11.9. The molecule has 0 bridgehead atoms. The molecule has 1 aliphatic heterocycles. The Balaban J connectivity index is 1.58. The molecular formula is C34H39ClFN7O3. The normalized spacial score (nSPS) is 18.8. The lowest BCUT2D eigenvalue weighted by Crippen LogP contribution is -2.59. The molecule has 2 fully saturated rings. The SMILES string of the molecule is CC(C)c1ncnc(C2CC2)c1-n1c(=O)nc(N2C[C@@H](C)N(C(=O)OC(C)(C)C)C[C@@H]2C)c2cc(Cl)c(-c3ccccc3F)nc21. The number of aromatic nitrogens is 5. The summed E-state index contributed by atoms with van der Waals surface area (Å²) in [5.41, 5.74) is 1.57. The molecule has 242 valence electrons. The summed E-state index contributed by atoms with van der Waals surface area (Å²) >= 11 is 6.87. The van der Waals surface area contributed by atoms with Crippen LogP contribution in [0.1, 0.15) is 84.5 Å². The van der Waals surface area contributed by atoms with Crippen LogP contribution in [0.3, 0.4) is 0 Å². The molecule has 1 amide bonds. The molecule has 0 spiro atoms. The van der Waals surface area contributed by atoms with Crippen LogP contribution in [0.5, 0.6) is 0 Å². The smallest absolute Gasteiger partial charge is 0.410 e. The Bertz CT molecular complexity index is 1870. The number of ether oxygens (including phenoxy) is 1. The Hall–Kier alpha value is -4.12. The van der Waals surface area contributed by atoms with Gasteiger partial charge in [0.25, 0.3) is 0 Å². The van der Waals surface area contributed by atoms with Gasteiger partial charge >= 0.3 is 11.8 Å². The molecule has 2 atom stereocenters. The average Bonchev–Trinajstić information content (AvgIpc) is 3.83. The highest BCUT2D eigenvalue weighted by Gasteiger charge is 2.37. The number of rotatable bonds is 5. The molecule has 46 heavy (non-hydrogen) atoms. The van der Waals surface area contributed by atoms with E-state index in [4.69, 9.17) is 21.3 Å². The topological polar surface area (TPSA) is 106 Å². The highest BCUT2D eigenvalue weighted by molar-refractivity contribution is 6.33. The van der Waals surface area contributed by atoms with Crippen molar-refractivity contribution in [3.63, 3.8) is 0 Å². The van der Waals surface area contributed by atoms with Crippen LogP contribution >= 0.6 is 11.6 Å². The van der Waals surface area contributed by atoms with E-state index in [1.165, 1.54) is 10.6 Å². The van der Waals surface area contributed by atoms with Crippen LogP contribution in [0.15, 0.2) is 41.5 Å². The van der Waals surface area contributed by atoms with Crippen LogP contribution in [-0.4, -0.2) is 66.3 Å². The van der Waals surface area contributed by atoms with Gasteiger partial charge in [-0.15, -0.1) is 0 Å². The first-order chi connectivity index (χ1) is 21.7. The highest BCUT2D eigenvalue weighted by atomic mass is 35.5. The number of carbonyl (C=O) groups excluding carboxylic acids is 1. The zero-order valence-electron chi connectivity index (χ0n) is 27.2. The fourth-order valence-electron chi connectivity index (χ4n) is 6.08. The molecule has 0 unspecified atom stereocenters. The molecule has 1 saturated heterocycles. The largest absolute Gasteiger partial charge is 0.444 e. The van der Waals surface area contributed by atoms with E-state index in [0.29, 0.717) is 35.7 Å². The molecule has 1 saturated carbocycles. The maximum atomic E-state index is 15.1. The van der Waals surface area contributed by atoms with Crippen molar-refractivity contribution < 1.29 is 13.9 Å². The van der Waals surface area contributed by atoms with Crippen molar-refractivity contribution in [3.05, 3.63) is 69.4 Å². The Morgan fingerprint density at radius 1 is 1.07 bits per heavy atom. The number of hydrogen-bond acceptors (Lipinski definition) is 8. The first kappa shape index (κ1) is 31.8. The number of hydrogen-bond donors (Lipinski definition) is 0. The van der Waals surface area contributed by atoms with E-state index in [1.807, 2.05) is 53.4 Å². The summed E-state index contributed by atoms with van der Waals surface area (Å²) in [5, 5.41) is 0.740. The summed E-state index contributed by atoms with van der Waals surface area (Å²) in [7, 11) is 0. The lowest BCUT2D eigenvalue weighted by atomic mass is 10.0. The minimum atomic E-state index is -0.632. The molecule has 2 aliphatic rings. The number of carbonyl (C=O) groups is 1. The monoisotopic (exact) mass is 647 g/mol. The predicted octanol–water partition coefficient (Wildman–Crippen LogP) is 6.87. The molecular weight excluding hydrogens is 609 g/mol. The van der Waals surface area contributed by atoms with Gasteiger partial charge in [0.15, 0.2) is 5.65 Å². The summed E-state index contributed by atoms with van der Waals surface area (Å²) in [5.74, 6) is 0.0732. The van der Waals surface area contributed by atoms with Gasteiger partial charge in [0, 0.05) is 36.7 Å². The lowest BCUT2D eigenvalue weighted by molar-refractivity contribution is 0.0130. The van der Waals surface area contributed by atoms with Crippen LogP contribution in [0, 0.1) is 5.82 Å². The molecule has 4 aromatic rings. The highest BCUT2D eigenvalue weighted by Crippen LogP contribution is 2.44. The van der Waals surface area contributed by atoms with Crippen molar-refractivity contribution in [1.29, 1.82) is 0 Å². The Morgan fingerprint density at radius 2 is 1.78 bits per heavy atom. The van der Waals surface area contributed by atoms with Crippen molar-refractivity contribution >= 4 is 34.5 Å². The number of piperazine rings is 1. The Morgan fingerprint density at radius 3 is 2.43 bits per heavy atom. The van der Waals surface area contributed by atoms with E-state index < -0.39 is 23.2 Å². The summed E-state index contributed by atoms with van der Waals surface area (Å²) in [6.07, 6.45) is 3.06. The number of fused-ring (bicyclic) bond motifs is 1. The van der Waals surface area contributed by atoms with Crippen LogP contribution in [0.2, 0.25) is 5.02 Å². The molecule has 1 aromatic carbocycles. The lowest BCUT2D eigenvalue weighted by Gasteiger charge is -2.44. The molecule has 10 nitrogen and oxygen atoms in total. The zero-order chi connectivity index (χ0) is 33.1. The van der Waals surface area contributed by atoms with Crippen molar-refractivity contribution in [2.45, 2.75) is 90.8 Å². The summed E-state index contributed by atoms with van der Waals surface area (Å²) in [6, 6.07) is 7.51. The first-order valence-corrected chi connectivity index (χ1v) is 16.1. The Kier molecular flexibility index (Phi) is 8.25. The van der Waals surface area contributed by atoms with Crippen molar-refractivity contribution in [1.82, 2.24) is 29.4 Å². The second-order valence-corrected chi connectivity index (χ2v) is 14.0. The fraction of sp³-hybridized carbons (Fsp3) is 0.471. The first-order valence-electron chi connectivity index (χ1n) is 15.7. The number of anilines is 1. The van der Waals surface area contributed by atoms with Gasteiger partial charge in [0.2, 0.25) is 0 Å². The van der Waals surface area contributed by atoms with E-state index in [-0.39, 0.29) is 45.8 Å². The van der Waals surface area contributed by atoms with Gasteiger partial charge < -0.3 is 14.5 Å². The van der Waals surface area contributed by atoms with E-state index in [2.05, 4.69) is 15.0 Å². The third kappa shape index (κ3) is 5.92. The van der Waals surface area contributed by atoms with Gasteiger partial charge in [-0.2, -0.15) is 4.98 Å². The van der Waals surface area contributed by atoms with Crippen LogP contribution in [0.4, 0.5) is 15.0 Å². The van der Waals surface area contributed by atoms with Gasteiger partial charge in [-0.3, -0.25) is 0 Å². The van der Waals surface area contributed by atoms with E-state index in [1.54, 1.807) is 35.5 Å². The maximum Gasteiger partial charge on any atom is 0.410 e. The third-order valence-corrected chi connectivity index (χ3v) is 8.72. The van der Waals surface area contributed by atoms with E-state index in [0.717, 1.165) is 18.5 Å². The summed E-state index contributed by atoms with van der Waals surface area (Å²) < 4.78 is 22.3. The second-order valence-electron chi connectivity index (χ2n) is 13.6. The predicted molar refractivity (Wildman–Crippen MR) is 176 cm³/mol. The van der Waals surface area contributed by atoms with Gasteiger partial charge in [0.05, 0.1) is 33.2 Å². The zero-order valence-corrected chi connectivity index (χ0v) is 28.0. The number of nitrogens with zero attached hydrogens (tertiary/aromatic N) is 7. The fourth-order valence-corrected chi connectivity index (χ4v) is 6.33.